The lowest BCUT2D eigenvalue weighted by atomic mass is 10.1. The topological polar surface area (TPSA) is 45.8 Å². The average molecular weight is 324 g/mol. The summed E-state index contributed by atoms with van der Waals surface area (Å²) in [5, 5.41) is 9.96. The van der Waals surface area contributed by atoms with Crippen LogP contribution in [0.4, 0.5) is 0 Å². The Bertz CT molecular complexity index is 886. The highest BCUT2D eigenvalue weighted by Gasteiger charge is 2.12. The van der Waals surface area contributed by atoms with E-state index in [0.717, 1.165) is 26.9 Å². The fourth-order valence-corrected chi connectivity index (χ4v) is 3.52. The second kappa shape index (κ2) is 7.26. The lowest BCUT2D eigenvalue weighted by Crippen LogP contribution is -2.03. The fourth-order valence-electron chi connectivity index (χ4n) is 2.33. The molecule has 23 heavy (non-hydrogen) atoms. The van der Waals surface area contributed by atoms with Crippen LogP contribution in [-0.4, -0.2) is 8.18 Å². The highest BCUT2D eigenvalue weighted by molar-refractivity contribution is 7.83. The van der Waals surface area contributed by atoms with Gasteiger partial charge in [0.1, 0.15) is 0 Å². The molecule has 0 saturated carbocycles. The van der Waals surface area contributed by atoms with E-state index in [4.69, 9.17) is 5.26 Å². The molecule has 3 rings (SSSR count). The zero-order valence-corrected chi connectivity index (χ0v) is 14.6. The standard InChI is InChI=1S/C17H14N2OS.C2H6/c1-12-3-6-15(7-4-12)21(20)19-11-13(2)16-9-14(10-18)5-8-17(16)19;1-2/h3-9,11H,1-2H3;1-2H3. The Kier molecular flexibility index (Phi) is 5.36. The Hall–Kier alpha value is -2.38. The molecule has 1 aromatic heterocycles. The van der Waals surface area contributed by atoms with E-state index in [1.54, 1.807) is 10.0 Å². The Labute approximate surface area is 139 Å². The molecule has 2 aromatic carbocycles. The van der Waals surface area contributed by atoms with Crippen molar-refractivity contribution in [2.75, 3.05) is 0 Å². The normalized spacial score (nSPS) is 11.4. The van der Waals surface area contributed by atoms with Crippen molar-refractivity contribution in [1.82, 2.24) is 3.97 Å². The summed E-state index contributed by atoms with van der Waals surface area (Å²) in [6, 6.07) is 15.3. The Morgan fingerprint density at radius 3 is 2.30 bits per heavy atom. The number of nitriles is 1. The molecule has 1 heterocycles. The Morgan fingerprint density at radius 2 is 1.70 bits per heavy atom. The Balaban J connectivity index is 0.000000924. The van der Waals surface area contributed by atoms with Crippen LogP contribution in [0.5, 0.6) is 0 Å². The number of nitrogens with zero attached hydrogens (tertiary/aromatic N) is 2. The van der Waals surface area contributed by atoms with Gasteiger partial charge < -0.3 is 0 Å². The number of benzene rings is 2. The van der Waals surface area contributed by atoms with Crippen LogP contribution < -0.4 is 0 Å². The molecule has 1 unspecified atom stereocenters. The number of aromatic nitrogens is 1. The third kappa shape index (κ3) is 3.35. The molecule has 0 aliphatic carbocycles. The van der Waals surface area contributed by atoms with Crippen LogP contribution in [0.15, 0.2) is 53.6 Å². The van der Waals surface area contributed by atoms with Crippen molar-refractivity contribution in [3.8, 4) is 6.07 Å². The van der Waals surface area contributed by atoms with Crippen LogP contribution in [0.2, 0.25) is 0 Å². The summed E-state index contributed by atoms with van der Waals surface area (Å²) in [6.07, 6.45) is 1.88. The van der Waals surface area contributed by atoms with E-state index >= 15 is 0 Å². The van der Waals surface area contributed by atoms with Crippen LogP contribution in [-0.2, 0) is 11.0 Å². The van der Waals surface area contributed by atoms with Gasteiger partial charge in [-0.25, -0.2) is 4.21 Å². The first-order valence-electron chi connectivity index (χ1n) is 7.61. The zero-order chi connectivity index (χ0) is 17.0. The third-order valence-electron chi connectivity index (χ3n) is 3.50. The van der Waals surface area contributed by atoms with Gasteiger partial charge in [0.15, 0.2) is 11.0 Å². The van der Waals surface area contributed by atoms with Gasteiger partial charge in [0, 0.05) is 11.6 Å². The van der Waals surface area contributed by atoms with Crippen molar-refractivity contribution in [2.24, 2.45) is 0 Å². The Morgan fingerprint density at radius 1 is 1.04 bits per heavy atom. The summed E-state index contributed by atoms with van der Waals surface area (Å²) >= 11 is 0. The minimum Gasteiger partial charge on any atom is -0.262 e. The van der Waals surface area contributed by atoms with Crippen molar-refractivity contribution < 1.29 is 4.21 Å². The number of hydrogen-bond acceptors (Lipinski definition) is 2. The summed E-state index contributed by atoms with van der Waals surface area (Å²) in [4.78, 5) is 0.766. The van der Waals surface area contributed by atoms with Gasteiger partial charge in [0.05, 0.1) is 22.0 Å². The minimum atomic E-state index is -1.28. The summed E-state index contributed by atoms with van der Waals surface area (Å²) in [7, 11) is -1.28. The molecule has 0 fully saturated rings. The highest BCUT2D eigenvalue weighted by atomic mass is 32.2. The van der Waals surface area contributed by atoms with Gasteiger partial charge in [-0.05, 0) is 49.7 Å². The SMILES string of the molecule is CC.Cc1ccc(S(=O)n2cc(C)c3cc(C#N)ccc32)cc1. The quantitative estimate of drug-likeness (QED) is 0.684. The molecule has 0 bridgehead atoms. The van der Waals surface area contributed by atoms with Gasteiger partial charge in [0.2, 0.25) is 0 Å². The smallest absolute Gasteiger partial charge is 0.157 e. The molecule has 118 valence electrons. The maximum absolute atomic E-state index is 12.7. The molecule has 4 heteroatoms. The first-order valence-corrected chi connectivity index (χ1v) is 8.71. The first-order chi connectivity index (χ1) is 11.1. The monoisotopic (exact) mass is 324 g/mol. The second-order valence-electron chi connectivity index (χ2n) is 5.04. The molecule has 3 nitrogen and oxygen atoms in total. The predicted molar refractivity (Wildman–Crippen MR) is 95.7 cm³/mol. The lowest BCUT2D eigenvalue weighted by molar-refractivity contribution is 0.678. The number of fused-ring (bicyclic) bond motifs is 1. The van der Waals surface area contributed by atoms with E-state index in [1.165, 1.54) is 0 Å². The van der Waals surface area contributed by atoms with E-state index in [0.29, 0.717) is 5.56 Å². The van der Waals surface area contributed by atoms with Crippen LogP contribution >= 0.6 is 0 Å². The molecule has 0 saturated heterocycles. The molecular weight excluding hydrogens is 304 g/mol. The minimum absolute atomic E-state index is 0.615. The number of hydrogen-bond donors (Lipinski definition) is 0. The molecule has 3 aromatic rings. The van der Waals surface area contributed by atoms with Crippen LogP contribution in [0.3, 0.4) is 0 Å². The van der Waals surface area contributed by atoms with Gasteiger partial charge >= 0.3 is 0 Å². The number of aryl methyl sites for hydroxylation is 2. The lowest BCUT2D eigenvalue weighted by Gasteiger charge is -2.05. The molecular formula is C19H20N2OS. The molecule has 0 spiro atoms. The maximum atomic E-state index is 12.7. The average Bonchev–Trinajstić information content (AvgIpc) is 2.93. The summed E-state index contributed by atoms with van der Waals surface area (Å²) in [6.45, 7) is 7.97. The summed E-state index contributed by atoms with van der Waals surface area (Å²) in [5.41, 5.74) is 3.65. The third-order valence-corrected chi connectivity index (χ3v) is 4.83. The van der Waals surface area contributed by atoms with Crippen LogP contribution in [0, 0.1) is 25.2 Å². The van der Waals surface area contributed by atoms with Gasteiger partial charge in [-0.2, -0.15) is 5.26 Å². The van der Waals surface area contributed by atoms with Crippen molar-refractivity contribution in [1.29, 1.82) is 5.26 Å². The van der Waals surface area contributed by atoms with Crippen molar-refractivity contribution in [3.05, 3.63) is 65.4 Å². The summed E-state index contributed by atoms with van der Waals surface area (Å²) in [5.74, 6) is 0. The van der Waals surface area contributed by atoms with Crippen LogP contribution in [0.1, 0.15) is 30.5 Å². The van der Waals surface area contributed by atoms with Gasteiger partial charge in [-0.3, -0.25) is 3.97 Å². The molecule has 1 atom stereocenters. The van der Waals surface area contributed by atoms with E-state index in [1.807, 2.05) is 70.3 Å². The largest absolute Gasteiger partial charge is 0.262 e. The molecule has 0 amide bonds. The molecule has 0 aliphatic rings. The van der Waals surface area contributed by atoms with Crippen molar-refractivity contribution in [3.63, 3.8) is 0 Å². The zero-order valence-electron chi connectivity index (χ0n) is 13.8. The fraction of sp³-hybridized carbons (Fsp3) is 0.211. The highest BCUT2D eigenvalue weighted by Crippen LogP contribution is 2.24. The van der Waals surface area contributed by atoms with Gasteiger partial charge in [-0.1, -0.05) is 31.5 Å². The van der Waals surface area contributed by atoms with Gasteiger partial charge in [-0.15, -0.1) is 0 Å². The van der Waals surface area contributed by atoms with Crippen molar-refractivity contribution in [2.45, 2.75) is 32.6 Å². The molecule has 0 N–H and O–H groups in total. The van der Waals surface area contributed by atoms with Crippen molar-refractivity contribution >= 4 is 21.9 Å². The molecule has 0 radical (unpaired) electrons. The van der Waals surface area contributed by atoms with E-state index < -0.39 is 11.0 Å². The van der Waals surface area contributed by atoms with E-state index in [9.17, 15) is 4.21 Å². The first kappa shape index (κ1) is 17.0. The van der Waals surface area contributed by atoms with E-state index in [2.05, 4.69) is 6.07 Å². The van der Waals surface area contributed by atoms with E-state index in [-0.39, 0.29) is 0 Å². The number of rotatable bonds is 2. The summed E-state index contributed by atoms with van der Waals surface area (Å²) < 4.78 is 14.5. The predicted octanol–water partition coefficient (Wildman–Crippen LogP) is 4.73. The van der Waals surface area contributed by atoms with Crippen LogP contribution in [0.25, 0.3) is 10.9 Å². The van der Waals surface area contributed by atoms with Gasteiger partial charge in [0.25, 0.3) is 0 Å². The maximum Gasteiger partial charge on any atom is 0.157 e. The second-order valence-corrected chi connectivity index (χ2v) is 6.41. The molecule has 0 aliphatic heterocycles.